The standard InChI is InChI=1S/C16H24FN.C2H4O.C2H6/c1-13(15-9-11-18(2)12-10-15)3-4-14-5-7-16(17)8-6-14;1-2-3;1-2/h5-8,13,15H,3-4,9-12H2,1-2H3;2H,1H3;1-2H3/t13-;;/m1../s1. The van der Waals surface area contributed by atoms with Gasteiger partial charge in [0.15, 0.2) is 0 Å². The Bertz CT molecular complexity index is 397. The second-order valence-corrected chi connectivity index (χ2v) is 6.02. The van der Waals surface area contributed by atoms with Crippen LogP contribution in [0.25, 0.3) is 0 Å². The molecule has 0 spiro atoms. The molecule has 1 heterocycles. The van der Waals surface area contributed by atoms with Crippen LogP contribution in [0.15, 0.2) is 24.3 Å². The normalized spacial score (nSPS) is 16.4. The minimum atomic E-state index is -0.137. The summed E-state index contributed by atoms with van der Waals surface area (Å²) in [4.78, 5) is 11.2. The van der Waals surface area contributed by atoms with E-state index in [4.69, 9.17) is 4.79 Å². The molecule has 1 atom stereocenters. The molecule has 0 unspecified atom stereocenters. The molecule has 1 aliphatic heterocycles. The van der Waals surface area contributed by atoms with Crippen LogP contribution in [0, 0.1) is 17.7 Å². The second kappa shape index (κ2) is 13.2. The summed E-state index contributed by atoms with van der Waals surface area (Å²) in [6, 6.07) is 6.96. The van der Waals surface area contributed by atoms with Gasteiger partial charge in [-0.1, -0.05) is 32.9 Å². The van der Waals surface area contributed by atoms with Crippen molar-refractivity contribution in [1.29, 1.82) is 0 Å². The van der Waals surface area contributed by atoms with Gasteiger partial charge in [0.1, 0.15) is 12.1 Å². The molecule has 1 saturated heterocycles. The van der Waals surface area contributed by atoms with E-state index in [1.807, 2.05) is 26.0 Å². The van der Waals surface area contributed by atoms with Gasteiger partial charge in [0.2, 0.25) is 0 Å². The lowest BCUT2D eigenvalue weighted by Gasteiger charge is -2.32. The average molecular weight is 323 g/mol. The monoisotopic (exact) mass is 323 g/mol. The second-order valence-electron chi connectivity index (χ2n) is 6.02. The van der Waals surface area contributed by atoms with Crippen LogP contribution >= 0.6 is 0 Å². The number of halogens is 1. The Labute approximate surface area is 142 Å². The van der Waals surface area contributed by atoms with Crippen LogP contribution in [0.5, 0.6) is 0 Å². The predicted octanol–water partition coefficient (Wildman–Crippen LogP) is 4.97. The van der Waals surface area contributed by atoms with Crippen molar-refractivity contribution >= 4 is 6.29 Å². The highest BCUT2D eigenvalue weighted by molar-refractivity contribution is 5.44. The number of nitrogens with zero attached hydrogens (tertiary/aromatic N) is 1. The fourth-order valence-electron chi connectivity index (χ4n) is 2.88. The zero-order valence-corrected chi connectivity index (χ0v) is 15.5. The highest BCUT2D eigenvalue weighted by atomic mass is 19.1. The first-order valence-electron chi connectivity index (χ1n) is 8.89. The first-order valence-corrected chi connectivity index (χ1v) is 8.89. The van der Waals surface area contributed by atoms with Crippen LogP contribution in [0.4, 0.5) is 4.39 Å². The van der Waals surface area contributed by atoms with Crippen LogP contribution in [-0.4, -0.2) is 31.3 Å². The molecule has 0 bridgehead atoms. The highest BCUT2D eigenvalue weighted by Crippen LogP contribution is 2.27. The lowest BCUT2D eigenvalue weighted by Crippen LogP contribution is -2.32. The SMILES string of the molecule is CC.CC=O.C[C@H](CCc1ccc(F)cc1)C1CCN(C)CC1. The van der Waals surface area contributed by atoms with Crippen LogP contribution in [0.1, 0.15) is 52.5 Å². The van der Waals surface area contributed by atoms with Crippen molar-refractivity contribution < 1.29 is 9.18 Å². The molecule has 0 saturated carbocycles. The van der Waals surface area contributed by atoms with E-state index in [-0.39, 0.29) is 5.82 Å². The van der Waals surface area contributed by atoms with Gasteiger partial charge in [0.05, 0.1) is 0 Å². The van der Waals surface area contributed by atoms with Gasteiger partial charge in [-0.25, -0.2) is 4.39 Å². The van der Waals surface area contributed by atoms with Gasteiger partial charge in [-0.2, -0.15) is 0 Å². The van der Waals surface area contributed by atoms with E-state index in [0.29, 0.717) is 0 Å². The molecule has 23 heavy (non-hydrogen) atoms. The maximum Gasteiger partial charge on any atom is 0.123 e. The summed E-state index contributed by atoms with van der Waals surface area (Å²) in [7, 11) is 2.21. The minimum Gasteiger partial charge on any atom is -0.306 e. The molecule has 0 amide bonds. The van der Waals surface area contributed by atoms with Crippen molar-refractivity contribution in [3.63, 3.8) is 0 Å². The van der Waals surface area contributed by atoms with Gasteiger partial charge < -0.3 is 9.69 Å². The Hall–Kier alpha value is -1.22. The third kappa shape index (κ3) is 9.50. The molecular formula is C20H34FNO. The molecule has 0 aliphatic carbocycles. The summed E-state index contributed by atoms with van der Waals surface area (Å²) in [5.74, 6) is 1.52. The molecule has 1 aromatic rings. The smallest absolute Gasteiger partial charge is 0.123 e. The average Bonchev–Trinajstić information content (AvgIpc) is 2.57. The molecule has 0 radical (unpaired) electrons. The summed E-state index contributed by atoms with van der Waals surface area (Å²) in [6.45, 7) is 10.3. The number of hydrogen-bond acceptors (Lipinski definition) is 2. The van der Waals surface area contributed by atoms with Gasteiger partial charge >= 0.3 is 0 Å². The van der Waals surface area contributed by atoms with Crippen molar-refractivity contribution in [3.05, 3.63) is 35.6 Å². The number of benzene rings is 1. The number of aldehydes is 1. The summed E-state index contributed by atoms with van der Waals surface area (Å²) in [5.41, 5.74) is 1.26. The van der Waals surface area contributed by atoms with E-state index in [9.17, 15) is 4.39 Å². The van der Waals surface area contributed by atoms with Gasteiger partial charge in [0.25, 0.3) is 0 Å². The number of piperidine rings is 1. The molecule has 1 fully saturated rings. The summed E-state index contributed by atoms with van der Waals surface area (Å²) in [6.07, 6.45) is 5.72. The van der Waals surface area contributed by atoms with Gasteiger partial charge in [0, 0.05) is 0 Å². The van der Waals surface area contributed by atoms with Gasteiger partial charge in [-0.3, -0.25) is 0 Å². The minimum absolute atomic E-state index is 0.137. The number of aryl methyl sites for hydroxylation is 1. The highest BCUT2D eigenvalue weighted by Gasteiger charge is 2.21. The van der Waals surface area contributed by atoms with Crippen LogP contribution in [0.2, 0.25) is 0 Å². The van der Waals surface area contributed by atoms with E-state index in [0.717, 1.165) is 24.5 Å². The topological polar surface area (TPSA) is 20.3 Å². The predicted molar refractivity (Wildman–Crippen MR) is 97.2 cm³/mol. The Kier molecular flexibility index (Phi) is 12.5. The maximum atomic E-state index is 12.8. The molecule has 3 heteroatoms. The molecule has 132 valence electrons. The van der Waals surface area contributed by atoms with Crippen molar-refractivity contribution in [3.8, 4) is 0 Å². The van der Waals surface area contributed by atoms with E-state index < -0.39 is 0 Å². The summed E-state index contributed by atoms with van der Waals surface area (Å²) in [5, 5.41) is 0. The fraction of sp³-hybridized carbons (Fsp3) is 0.650. The first kappa shape index (κ1) is 21.8. The Morgan fingerprint density at radius 2 is 1.70 bits per heavy atom. The number of rotatable bonds is 4. The Morgan fingerprint density at radius 3 is 2.17 bits per heavy atom. The van der Waals surface area contributed by atoms with E-state index in [1.54, 1.807) is 12.1 Å². The molecule has 2 nitrogen and oxygen atoms in total. The third-order valence-corrected chi connectivity index (χ3v) is 4.37. The summed E-state index contributed by atoms with van der Waals surface area (Å²) >= 11 is 0. The molecule has 0 N–H and O–H groups in total. The Morgan fingerprint density at radius 1 is 1.22 bits per heavy atom. The van der Waals surface area contributed by atoms with Gasteiger partial charge in [-0.15, -0.1) is 0 Å². The van der Waals surface area contributed by atoms with Crippen molar-refractivity contribution in [1.82, 2.24) is 4.90 Å². The van der Waals surface area contributed by atoms with Gasteiger partial charge in [-0.05, 0) is 82.3 Å². The lowest BCUT2D eigenvalue weighted by molar-refractivity contribution is -0.106. The quantitative estimate of drug-likeness (QED) is 0.729. The van der Waals surface area contributed by atoms with Crippen LogP contribution < -0.4 is 0 Å². The first-order chi connectivity index (χ1) is 11.1. The molecular weight excluding hydrogens is 289 g/mol. The van der Waals surface area contributed by atoms with E-state index >= 15 is 0 Å². The largest absolute Gasteiger partial charge is 0.306 e. The molecule has 2 rings (SSSR count). The van der Waals surface area contributed by atoms with E-state index in [1.165, 1.54) is 44.8 Å². The Balaban J connectivity index is 0.000000868. The van der Waals surface area contributed by atoms with Crippen molar-refractivity contribution in [2.75, 3.05) is 20.1 Å². The number of carbonyl (C=O) groups is 1. The molecule has 1 aromatic carbocycles. The number of hydrogen-bond donors (Lipinski definition) is 0. The number of carbonyl (C=O) groups excluding carboxylic acids is 1. The number of likely N-dealkylation sites (tertiary alicyclic amines) is 1. The van der Waals surface area contributed by atoms with Crippen LogP contribution in [-0.2, 0) is 11.2 Å². The van der Waals surface area contributed by atoms with E-state index in [2.05, 4.69) is 18.9 Å². The van der Waals surface area contributed by atoms with Crippen molar-refractivity contribution in [2.45, 2.75) is 53.4 Å². The maximum absolute atomic E-state index is 12.8. The zero-order valence-electron chi connectivity index (χ0n) is 15.5. The van der Waals surface area contributed by atoms with Crippen LogP contribution in [0.3, 0.4) is 0 Å². The fourth-order valence-corrected chi connectivity index (χ4v) is 2.88. The van der Waals surface area contributed by atoms with Crippen molar-refractivity contribution in [2.24, 2.45) is 11.8 Å². The molecule has 0 aromatic heterocycles. The third-order valence-electron chi connectivity index (χ3n) is 4.37. The summed E-state index contributed by atoms with van der Waals surface area (Å²) < 4.78 is 12.8. The molecule has 1 aliphatic rings. The zero-order chi connectivity index (χ0) is 17.7. The lowest BCUT2D eigenvalue weighted by atomic mass is 9.82.